The number of hydrogen-bond donors (Lipinski definition) is 0. The molecule has 0 aromatic rings. The molecule has 2 aliphatic heterocycles. The minimum Gasteiger partial charge on any atom is -0.382 e. The molecule has 0 unspecified atom stereocenters. The fourth-order valence-corrected chi connectivity index (χ4v) is 5.94. The first-order valence-electron chi connectivity index (χ1n) is 14.6. The zero-order valence-corrected chi connectivity index (χ0v) is 28.3. The van der Waals surface area contributed by atoms with Crippen molar-refractivity contribution in [2.75, 3.05) is 98.0 Å². The minimum atomic E-state index is -0.947. The maximum Gasteiger partial charge on any atom is 0.187 e. The second-order valence-corrected chi connectivity index (χ2v) is 10.4. The summed E-state index contributed by atoms with van der Waals surface area (Å²) in [6, 6.07) is 0. The van der Waals surface area contributed by atoms with E-state index in [1.165, 1.54) is 49.8 Å². The molecule has 0 aliphatic carbocycles. The van der Waals surface area contributed by atoms with Crippen molar-refractivity contribution in [2.45, 2.75) is 85.8 Å². The zero-order valence-electron chi connectivity index (χ0n) is 28.3. The van der Waals surface area contributed by atoms with Crippen LogP contribution >= 0.6 is 0 Å². The molecule has 0 bridgehead atoms. The smallest absolute Gasteiger partial charge is 0.187 e. The topological polar surface area (TPSA) is 156 Å². The summed E-state index contributed by atoms with van der Waals surface area (Å²) in [6.45, 7) is 0.323. The fourth-order valence-electron chi connectivity index (χ4n) is 5.94. The molecular formula is C29H54O16. The van der Waals surface area contributed by atoms with Gasteiger partial charge in [0.1, 0.15) is 73.2 Å². The lowest BCUT2D eigenvalue weighted by atomic mass is 9.96. The van der Waals surface area contributed by atoms with E-state index in [2.05, 4.69) is 0 Å². The number of aldehydes is 1. The molecule has 266 valence electrons. The van der Waals surface area contributed by atoms with Crippen LogP contribution in [0, 0.1) is 0 Å². The lowest BCUT2D eigenvalue weighted by Crippen LogP contribution is -2.66. The Balaban J connectivity index is 2.32. The second kappa shape index (κ2) is 21.1. The van der Waals surface area contributed by atoms with E-state index >= 15 is 0 Å². The first kappa shape index (κ1) is 40.2. The van der Waals surface area contributed by atoms with Crippen LogP contribution in [-0.4, -0.2) is 190 Å². The van der Waals surface area contributed by atoms with Gasteiger partial charge in [-0.05, 0) is 0 Å². The highest BCUT2D eigenvalue weighted by molar-refractivity contribution is 5.57. The molecule has 0 saturated carbocycles. The van der Waals surface area contributed by atoms with Crippen LogP contribution in [0.3, 0.4) is 0 Å². The summed E-state index contributed by atoms with van der Waals surface area (Å²) in [5.74, 6) is 0. The number of rotatable bonds is 22. The third-order valence-electron chi connectivity index (χ3n) is 8.19. The molecule has 2 saturated heterocycles. The van der Waals surface area contributed by atoms with Gasteiger partial charge in [0.2, 0.25) is 0 Å². The second-order valence-electron chi connectivity index (χ2n) is 10.4. The molecule has 14 atom stereocenters. The average Bonchev–Trinajstić information content (AvgIpc) is 3.06. The third-order valence-corrected chi connectivity index (χ3v) is 8.19. The monoisotopic (exact) mass is 658 g/mol. The number of methoxy groups -OCH3 is 11. The van der Waals surface area contributed by atoms with Crippen molar-refractivity contribution in [3.8, 4) is 0 Å². The average molecular weight is 659 g/mol. The lowest BCUT2D eigenvalue weighted by Gasteiger charge is -2.49. The van der Waals surface area contributed by atoms with Crippen LogP contribution in [0.4, 0.5) is 0 Å². The number of hydrogen-bond acceptors (Lipinski definition) is 16. The number of carbonyl (C=O) groups is 1. The number of ether oxygens (including phenoxy) is 15. The molecule has 0 aromatic carbocycles. The lowest BCUT2D eigenvalue weighted by molar-refractivity contribution is -0.368. The van der Waals surface area contributed by atoms with Crippen molar-refractivity contribution >= 4 is 6.29 Å². The predicted octanol–water partition coefficient (Wildman–Crippen LogP) is -0.535. The Morgan fingerprint density at radius 1 is 0.556 bits per heavy atom. The summed E-state index contributed by atoms with van der Waals surface area (Å²) in [5, 5.41) is 0. The van der Waals surface area contributed by atoms with Gasteiger partial charge in [0.25, 0.3) is 0 Å². The van der Waals surface area contributed by atoms with E-state index in [9.17, 15) is 4.79 Å². The third kappa shape index (κ3) is 9.81. The Hall–Kier alpha value is -0.930. The molecule has 2 aliphatic rings. The van der Waals surface area contributed by atoms with E-state index in [1.54, 1.807) is 28.4 Å². The normalized spacial score (nSPS) is 35.1. The summed E-state index contributed by atoms with van der Waals surface area (Å²) >= 11 is 0. The highest BCUT2D eigenvalue weighted by Gasteiger charge is 2.53. The highest BCUT2D eigenvalue weighted by atomic mass is 16.8. The summed E-state index contributed by atoms with van der Waals surface area (Å²) in [5.41, 5.74) is 0. The van der Waals surface area contributed by atoms with Crippen LogP contribution in [0.5, 0.6) is 0 Å². The molecule has 0 spiro atoms. The van der Waals surface area contributed by atoms with Crippen LogP contribution in [0.1, 0.15) is 0 Å². The van der Waals surface area contributed by atoms with Crippen molar-refractivity contribution in [3.05, 3.63) is 0 Å². The Kier molecular flexibility index (Phi) is 18.9. The van der Waals surface area contributed by atoms with E-state index in [-0.39, 0.29) is 19.8 Å². The van der Waals surface area contributed by atoms with Crippen LogP contribution in [0.2, 0.25) is 0 Å². The van der Waals surface area contributed by atoms with Gasteiger partial charge < -0.3 is 75.8 Å². The standard InChI is InChI=1S/C29H54O16/c1-31-13-18-22(37-7)24(38-8)27(41-11)29(44-18)45-23-19(14-32-2)43-28(26(40-10)25(23)39-9)42-15-17(34-4)21(36-6)20(35-5)16(12-30)33-3/h12,16-29H,13-15H2,1-11H3/t16-,17+,18+,19+,20+,21+,22+,23+,24-,25-,26+,27+,28-,29+/m0/s1. The van der Waals surface area contributed by atoms with Gasteiger partial charge >= 0.3 is 0 Å². The van der Waals surface area contributed by atoms with E-state index in [0.29, 0.717) is 6.29 Å². The minimum absolute atomic E-state index is 0.0273. The highest BCUT2D eigenvalue weighted by Crippen LogP contribution is 2.34. The summed E-state index contributed by atoms with van der Waals surface area (Å²) in [4.78, 5) is 11.6. The van der Waals surface area contributed by atoms with Crippen LogP contribution in [0.15, 0.2) is 0 Å². The van der Waals surface area contributed by atoms with Gasteiger partial charge in [-0.3, -0.25) is 0 Å². The largest absolute Gasteiger partial charge is 0.382 e. The maximum atomic E-state index is 11.6. The first-order chi connectivity index (χ1) is 21.8. The molecule has 2 rings (SSSR count). The van der Waals surface area contributed by atoms with Gasteiger partial charge in [-0.15, -0.1) is 0 Å². The number of carbonyl (C=O) groups excluding carboxylic acids is 1. The Morgan fingerprint density at radius 3 is 1.49 bits per heavy atom. The Labute approximate surface area is 266 Å². The van der Waals surface area contributed by atoms with Crippen molar-refractivity contribution in [1.82, 2.24) is 0 Å². The first-order valence-corrected chi connectivity index (χ1v) is 14.6. The van der Waals surface area contributed by atoms with Crippen LogP contribution in [0.25, 0.3) is 0 Å². The molecule has 0 N–H and O–H groups in total. The molecule has 2 fully saturated rings. The molecule has 45 heavy (non-hydrogen) atoms. The van der Waals surface area contributed by atoms with Crippen LogP contribution in [-0.2, 0) is 75.8 Å². The Bertz CT molecular complexity index is 793. The van der Waals surface area contributed by atoms with Crippen molar-refractivity contribution < 1.29 is 75.8 Å². The van der Waals surface area contributed by atoms with Gasteiger partial charge in [0.05, 0.1) is 19.8 Å². The SMILES string of the molecule is COC[C@H]1O[C@H](O[C@H]2[C@H](OC)[C@@H](OC)[C@@H](OC[C@@H](OC)[C@@H](OC)[C@H](OC)[C@H](C=O)OC)O[C@@H]2COC)[C@H](OC)[C@@H](OC)[C@@H]1OC. The van der Waals surface area contributed by atoms with E-state index in [4.69, 9.17) is 71.1 Å². The van der Waals surface area contributed by atoms with Crippen molar-refractivity contribution in [2.24, 2.45) is 0 Å². The summed E-state index contributed by atoms with van der Waals surface area (Å²) < 4.78 is 87.5. The van der Waals surface area contributed by atoms with Crippen LogP contribution < -0.4 is 0 Å². The molecular weight excluding hydrogens is 604 g/mol. The molecule has 16 heteroatoms. The van der Waals surface area contributed by atoms with E-state index in [1.807, 2.05) is 0 Å². The molecule has 0 amide bonds. The molecule has 2 heterocycles. The fraction of sp³-hybridized carbons (Fsp3) is 0.966. The molecule has 0 radical (unpaired) electrons. The molecule has 0 aromatic heterocycles. The summed E-state index contributed by atoms with van der Waals surface area (Å²) in [6.07, 6.45) is -9.47. The van der Waals surface area contributed by atoms with Crippen molar-refractivity contribution in [1.29, 1.82) is 0 Å². The van der Waals surface area contributed by atoms with Gasteiger partial charge in [-0.1, -0.05) is 0 Å². The molecule has 16 nitrogen and oxygen atoms in total. The van der Waals surface area contributed by atoms with Gasteiger partial charge in [-0.25, -0.2) is 0 Å². The van der Waals surface area contributed by atoms with E-state index in [0.717, 1.165) is 0 Å². The quantitative estimate of drug-likeness (QED) is 0.137. The zero-order chi connectivity index (χ0) is 33.5. The Morgan fingerprint density at radius 2 is 1.04 bits per heavy atom. The van der Waals surface area contributed by atoms with Gasteiger partial charge in [0.15, 0.2) is 18.9 Å². The van der Waals surface area contributed by atoms with Gasteiger partial charge in [0, 0.05) is 78.2 Å². The van der Waals surface area contributed by atoms with Crippen molar-refractivity contribution in [3.63, 3.8) is 0 Å². The van der Waals surface area contributed by atoms with Gasteiger partial charge in [-0.2, -0.15) is 0 Å². The summed E-state index contributed by atoms with van der Waals surface area (Å²) in [7, 11) is 16.7. The predicted molar refractivity (Wildman–Crippen MR) is 155 cm³/mol. The van der Waals surface area contributed by atoms with E-state index < -0.39 is 85.8 Å². The maximum absolute atomic E-state index is 11.6.